The quantitative estimate of drug-likeness (QED) is 0.344. The summed E-state index contributed by atoms with van der Waals surface area (Å²) in [5, 5.41) is 5.17. The van der Waals surface area contributed by atoms with Crippen LogP contribution in [-0.2, 0) is 0 Å². The molecule has 0 saturated heterocycles. The van der Waals surface area contributed by atoms with Gasteiger partial charge in [-0.15, -0.1) is 0 Å². The predicted molar refractivity (Wildman–Crippen MR) is 84.7 cm³/mol. The lowest BCUT2D eigenvalue weighted by Gasteiger charge is -2.05. The summed E-state index contributed by atoms with van der Waals surface area (Å²) in [6, 6.07) is 27.3. The Morgan fingerprint density at radius 1 is 0.600 bits per heavy atom. The van der Waals surface area contributed by atoms with Gasteiger partial charge in [0.2, 0.25) is 0 Å². The molecular formula is C20H11. The number of rotatable bonds is 0. The average Bonchev–Trinajstić information content (AvgIpc) is 2.82. The largest absolute Gasteiger partial charge is 0.0616 e. The molecule has 0 N–H and O–H groups in total. The van der Waals surface area contributed by atoms with Crippen LogP contribution in [0.1, 0.15) is 0 Å². The Balaban J connectivity index is 2.02. The molecule has 0 heterocycles. The van der Waals surface area contributed by atoms with Crippen LogP contribution in [0.2, 0.25) is 0 Å². The van der Waals surface area contributed by atoms with Crippen LogP contribution in [0.3, 0.4) is 0 Å². The molecule has 0 atom stereocenters. The maximum absolute atomic E-state index is 3.35. The molecule has 4 aromatic carbocycles. The smallest absolute Gasteiger partial charge is 0.00201 e. The van der Waals surface area contributed by atoms with E-state index in [0.717, 1.165) is 0 Å². The maximum atomic E-state index is 3.35. The molecule has 0 unspecified atom stereocenters. The van der Waals surface area contributed by atoms with Gasteiger partial charge in [-0.3, -0.25) is 0 Å². The molecule has 0 amide bonds. The van der Waals surface area contributed by atoms with E-state index in [4.69, 9.17) is 0 Å². The van der Waals surface area contributed by atoms with Crippen molar-refractivity contribution in [3.8, 4) is 22.3 Å². The summed E-state index contributed by atoms with van der Waals surface area (Å²) in [5.74, 6) is 0. The lowest BCUT2D eigenvalue weighted by molar-refractivity contribution is 1.73. The molecule has 0 aromatic heterocycles. The van der Waals surface area contributed by atoms with Crippen molar-refractivity contribution in [2.45, 2.75) is 0 Å². The fraction of sp³-hybridized carbons (Fsp3) is 0. The van der Waals surface area contributed by atoms with E-state index in [1.165, 1.54) is 43.8 Å². The fourth-order valence-corrected chi connectivity index (χ4v) is 3.40. The van der Waals surface area contributed by atoms with Crippen molar-refractivity contribution in [1.82, 2.24) is 0 Å². The molecule has 1 aliphatic rings. The van der Waals surface area contributed by atoms with Crippen molar-refractivity contribution in [2.24, 2.45) is 0 Å². The Labute approximate surface area is 117 Å². The highest BCUT2D eigenvalue weighted by Crippen LogP contribution is 2.48. The summed E-state index contributed by atoms with van der Waals surface area (Å²) in [6.45, 7) is 0. The lowest BCUT2D eigenvalue weighted by atomic mass is 9.99. The lowest BCUT2D eigenvalue weighted by Crippen LogP contribution is -1.78. The molecule has 0 heteroatoms. The minimum absolute atomic E-state index is 1.21. The van der Waals surface area contributed by atoms with E-state index in [-0.39, 0.29) is 0 Å². The number of hydrogen-bond acceptors (Lipinski definition) is 0. The van der Waals surface area contributed by atoms with Crippen molar-refractivity contribution in [1.29, 1.82) is 0 Å². The van der Waals surface area contributed by atoms with E-state index in [1.54, 1.807) is 0 Å². The van der Waals surface area contributed by atoms with Crippen LogP contribution in [0.25, 0.3) is 43.8 Å². The second-order valence-corrected chi connectivity index (χ2v) is 5.36. The summed E-state index contributed by atoms with van der Waals surface area (Å²) in [6.07, 6.45) is 0. The van der Waals surface area contributed by atoms with Crippen molar-refractivity contribution in [2.75, 3.05) is 0 Å². The van der Waals surface area contributed by atoms with E-state index < -0.39 is 0 Å². The Morgan fingerprint density at radius 2 is 1.30 bits per heavy atom. The summed E-state index contributed by atoms with van der Waals surface area (Å²) in [4.78, 5) is 0. The molecule has 1 aliphatic carbocycles. The van der Waals surface area contributed by atoms with Crippen molar-refractivity contribution in [3.05, 3.63) is 72.8 Å². The van der Waals surface area contributed by atoms with Crippen LogP contribution in [0.5, 0.6) is 0 Å². The molecule has 0 bridgehead atoms. The van der Waals surface area contributed by atoms with Crippen molar-refractivity contribution in [3.63, 3.8) is 0 Å². The minimum Gasteiger partial charge on any atom is -0.0616 e. The molecule has 91 valence electrons. The fourth-order valence-electron chi connectivity index (χ4n) is 3.40. The van der Waals surface area contributed by atoms with Crippen molar-refractivity contribution < 1.29 is 0 Å². The van der Waals surface area contributed by atoms with Gasteiger partial charge in [0, 0.05) is 0 Å². The molecule has 1 radical (unpaired) electrons. The Kier molecular flexibility index (Phi) is 1.78. The van der Waals surface area contributed by atoms with Crippen LogP contribution in [0.4, 0.5) is 0 Å². The zero-order valence-corrected chi connectivity index (χ0v) is 10.9. The van der Waals surface area contributed by atoms with Gasteiger partial charge < -0.3 is 0 Å². The Bertz CT molecular complexity index is 916. The second kappa shape index (κ2) is 3.49. The van der Waals surface area contributed by atoms with Gasteiger partial charge in [-0.05, 0) is 62.0 Å². The highest BCUT2D eigenvalue weighted by molar-refractivity contribution is 6.17. The van der Waals surface area contributed by atoms with Gasteiger partial charge in [0.05, 0.1) is 0 Å². The number of hydrogen-bond donors (Lipinski definition) is 0. The number of fused-ring (bicyclic) bond motifs is 4. The van der Waals surface area contributed by atoms with E-state index in [9.17, 15) is 0 Å². The first-order chi connectivity index (χ1) is 9.92. The van der Waals surface area contributed by atoms with Gasteiger partial charge in [0.25, 0.3) is 0 Å². The molecular weight excluding hydrogens is 240 g/mol. The first kappa shape index (κ1) is 10.2. The molecule has 4 aromatic rings. The Hall–Kier alpha value is -2.60. The van der Waals surface area contributed by atoms with Gasteiger partial charge in [-0.1, -0.05) is 54.6 Å². The van der Waals surface area contributed by atoms with E-state index in [1.807, 2.05) is 6.07 Å². The van der Waals surface area contributed by atoms with Crippen LogP contribution in [0.15, 0.2) is 66.7 Å². The van der Waals surface area contributed by atoms with Crippen LogP contribution in [-0.4, -0.2) is 0 Å². The first-order valence-corrected chi connectivity index (χ1v) is 6.89. The molecule has 0 aliphatic heterocycles. The van der Waals surface area contributed by atoms with Gasteiger partial charge in [-0.2, -0.15) is 0 Å². The molecule has 0 fully saturated rings. The average molecular weight is 251 g/mol. The molecule has 0 saturated carbocycles. The van der Waals surface area contributed by atoms with E-state index in [0.29, 0.717) is 0 Å². The summed E-state index contributed by atoms with van der Waals surface area (Å²) in [5.41, 5.74) is 5.39. The highest BCUT2D eigenvalue weighted by atomic mass is 14.2. The zero-order valence-electron chi connectivity index (χ0n) is 10.9. The normalized spacial score (nSPS) is 12.0. The topological polar surface area (TPSA) is 0 Å². The molecule has 0 spiro atoms. The maximum Gasteiger partial charge on any atom is -0.00201 e. The first-order valence-electron chi connectivity index (χ1n) is 6.89. The predicted octanol–water partition coefficient (Wildman–Crippen LogP) is 5.44. The monoisotopic (exact) mass is 251 g/mol. The van der Waals surface area contributed by atoms with Gasteiger partial charge in [-0.25, -0.2) is 0 Å². The number of benzene rings is 4. The Morgan fingerprint density at radius 3 is 2.05 bits per heavy atom. The third-order valence-electron chi connectivity index (χ3n) is 4.29. The van der Waals surface area contributed by atoms with Crippen LogP contribution >= 0.6 is 0 Å². The van der Waals surface area contributed by atoms with Crippen molar-refractivity contribution >= 4 is 21.5 Å². The van der Waals surface area contributed by atoms with Gasteiger partial charge >= 0.3 is 0 Å². The van der Waals surface area contributed by atoms with E-state index in [2.05, 4.69) is 66.7 Å². The summed E-state index contributed by atoms with van der Waals surface area (Å²) >= 11 is 0. The molecule has 5 rings (SSSR count). The summed E-state index contributed by atoms with van der Waals surface area (Å²) < 4.78 is 0. The second-order valence-electron chi connectivity index (χ2n) is 5.36. The minimum atomic E-state index is 1.21. The van der Waals surface area contributed by atoms with E-state index >= 15 is 0 Å². The summed E-state index contributed by atoms with van der Waals surface area (Å²) in [7, 11) is 0. The zero-order chi connectivity index (χ0) is 13.1. The third kappa shape index (κ3) is 1.16. The molecule has 0 nitrogen and oxygen atoms in total. The van der Waals surface area contributed by atoms with Crippen LogP contribution in [0, 0.1) is 6.07 Å². The van der Waals surface area contributed by atoms with Gasteiger partial charge in [0.15, 0.2) is 0 Å². The standard InChI is InChI=1S/C20H11/c1-2-6-15-12-19-17-10-4-8-13-7-3-9-16(20(13)17)18(19)11-14(15)5-1/h1-7,9-12H. The SMILES string of the molecule is [c]1ccc2c3c(cccc13)-c1cc3ccccc3cc1-2. The van der Waals surface area contributed by atoms with Crippen LogP contribution < -0.4 is 0 Å². The third-order valence-corrected chi connectivity index (χ3v) is 4.29. The highest BCUT2D eigenvalue weighted by Gasteiger charge is 2.21. The molecule has 20 heavy (non-hydrogen) atoms. The van der Waals surface area contributed by atoms with Gasteiger partial charge in [0.1, 0.15) is 0 Å².